The van der Waals surface area contributed by atoms with Gasteiger partial charge in [0.1, 0.15) is 9.49 Å². The molecule has 0 aromatic heterocycles. The Morgan fingerprint density at radius 1 is 1.55 bits per heavy atom. The second-order valence-electron chi connectivity index (χ2n) is 3.59. The predicted molar refractivity (Wildman–Crippen MR) is 80.3 cm³/mol. The molecular weight excluding hydrogens is 402 g/mol. The molecule has 0 fully saturated rings. The molecule has 0 bridgehead atoms. The van der Waals surface area contributed by atoms with Crippen LogP contribution >= 0.6 is 34.2 Å². The molecule has 0 aliphatic heterocycles. The molecule has 1 rings (SSSR count). The van der Waals surface area contributed by atoms with Crippen molar-refractivity contribution in [3.05, 3.63) is 38.9 Å². The van der Waals surface area contributed by atoms with Gasteiger partial charge in [0.2, 0.25) is 0 Å². The zero-order valence-electron chi connectivity index (χ0n) is 10.3. The molecule has 0 radical (unpaired) electrons. The third-order valence-electron chi connectivity index (χ3n) is 2.31. The number of benzene rings is 1. The Kier molecular flexibility index (Phi) is 6.14. The molecule has 20 heavy (non-hydrogen) atoms. The Balaban J connectivity index is 2.88. The van der Waals surface area contributed by atoms with E-state index in [0.29, 0.717) is 0 Å². The molecule has 1 atom stereocenters. The van der Waals surface area contributed by atoms with Gasteiger partial charge in [-0.05, 0) is 6.07 Å². The minimum atomic E-state index is -0.715. The van der Waals surface area contributed by atoms with Gasteiger partial charge in [-0.3, -0.25) is 19.7 Å². The van der Waals surface area contributed by atoms with Crippen LogP contribution in [0.4, 0.5) is 5.69 Å². The number of methoxy groups -OCH3 is 1. The van der Waals surface area contributed by atoms with Gasteiger partial charge in [-0.15, -0.1) is 0 Å². The van der Waals surface area contributed by atoms with Crippen molar-refractivity contribution in [1.82, 2.24) is 5.32 Å². The van der Waals surface area contributed by atoms with Gasteiger partial charge in [0.15, 0.2) is 0 Å². The number of hydrogen-bond acceptors (Lipinski definition) is 5. The van der Waals surface area contributed by atoms with Crippen LogP contribution < -0.4 is 5.32 Å². The molecule has 0 saturated carbocycles. The maximum absolute atomic E-state index is 12.0. The normalized spacial score (nSPS) is 11.6. The highest BCUT2D eigenvalue weighted by molar-refractivity contribution is 14.1. The van der Waals surface area contributed by atoms with Crippen molar-refractivity contribution < 1.29 is 19.2 Å². The van der Waals surface area contributed by atoms with E-state index in [1.54, 1.807) is 22.6 Å². The van der Waals surface area contributed by atoms with Crippen LogP contribution in [-0.2, 0) is 9.53 Å². The van der Waals surface area contributed by atoms with Crippen molar-refractivity contribution in [3.63, 3.8) is 0 Å². The number of alkyl halides is 1. The molecule has 108 valence electrons. The number of hydrogen-bond donors (Lipinski definition) is 1. The van der Waals surface area contributed by atoms with Gasteiger partial charge in [-0.1, -0.05) is 40.3 Å². The van der Waals surface area contributed by atoms with Crippen LogP contribution in [0.25, 0.3) is 0 Å². The van der Waals surface area contributed by atoms with Crippen molar-refractivity contribution in [2.75, 3.05) is 13.7 Å². The van der Waals surface area contributed by atoms with Gasteiger partial charge in [0, 0.05) is 12.6 Å². The van der Waals surface area contributed by atoms with Gasteiger partial charge in [-0.25, -0.2) is 0 Å². The molecule has 0 aliphatic carbocycles. The van der Waals surface area contributed by atoms with Crippen LogP contribution in [0, 0.1) is 10.1 Å². The number of rotatable bonds is 5. The summed E-state index contributed by atoms with van der Waals surface area (Å²) in [6, 6.07) is 3.95. The van der Waals surface area contributed by atoms with Crippen molar-refractivity contribution in [1.29, 1.82) is 0 Å². The first-order valence-electron chi connectivity index (χ1n) is 5.31. The summed E-state index contributed by atoms with van der Waals surface area (Å²) in [7, 11) is 1.23. The Morgan fingerprint density at radius 3 is 2.75 bits per heavy atom. The monoisotopic (exact) mass is 412 g/mol. The van der Waals surface area contributed by atoms with Crippen molar-refractivity contribution in [3.8, 4) is 0 Å². The average molecular weight is 413 g/mol. The first-order valence-corrected chi connectivity index (χ1v) is 6.93. The molecule has 7 nitrogen and oxygen atoms in total. The van der Waals surface area contributed by atoms with E-state index in [9.17, 15) is 19.7 Å². The minimum Gasteiger partial charge on any atom is -0.468 e. The largest absolute Gasteiger partial charge is 0.468 e. The number of ether oxygens (including phenoxy) is 1. The number of halogens is 2. The van der Waals surface area contributed by atoms with Crippen molar-refractivity contribution in [2.45, 2.75) is 3.92 Å². The van der Waals surface area contributed by atoms with Gasteiger partial charge < -0.3 is 10.1 Å². The Hall–Kier alpha value is -1.42. The van der Waals surface area contributed by atoms with E-state index in [1.165, 1.54) is 25.3 Å². The molecular formula is C11H10ClIN2O5. The lowest BCUT2D eigenvalue weighted by Gasteiger charge is -2.10. The first-order chi connectivity index (χ1) is 9.38. The summed E-state index contributed by atoms with van der Waals surface area (Å²) in [6.07, 6.45) is 0. The van der Waals surface area contributed by atoms with Crippen molar-refractivity contribution >= 4 is 51.8 Å². The second-order valence-corrected chi connectivity index (χ2v) is 5.50. The summed E-state index contributed by atoms with van der Waals surface area (Å²) in [4.78, 5) is 33.3. The molecule has 0 aliphatic rings. The zero-order valence-corrected chi connectivity index (χ0v) is 13.2. The van der Waals surface area contributed by atoms with E-state index in [-0.39, 0.29) is 17.1 Å². The number of carbonyl (C=O) groups is 2. The Morgan fingerprint density at radius 2 is 2.20 bits per heavy atom. The van der Waals surface area contributed by atoms with Crippen LogP contribution in [0.15, 0.2) is 18.2 Å². The highest BCUT2D eigenvalue weighted by atomic mass is 127. The fourth-order valence-corrected chi connectivity index (χ4v) is 2.10. The summed E-state index contributed by atoms with van der Waals surface area (Å²) in [6.45, 7) is -0.0194. The fourth-order valence-electron chi connectivity index (χ4n) is 1.37. The van der Waals surface area contributed by atoms with Crippen LogP contribution in [0.2, 0.25) is 5.02 Å². The quantitative estimate of drug-likeness (QED) is 0.262. The first kappa shape index (κ1) is 16.6. The standard InChI is InChI=1S/C11H10ClIN2O5/c1-20-11(17)7(13)5-14-10(16)9-6(12)3-2-4-8(9)15(18)19/h2-4,7H,5H2,1H3,(H,14,16). The van der Waals surface area contributed by atoms with Gasteiger partial charge in [0.05, 0.1) is 17.1 Å². The lowest BCUT2D eigenvalue weighted by atomic mass is 10.1. The molecule has 0 spiro atoms. The number of nitrogens with zero attached hydrogens (tertiary/aromatic N) is 1. The lowest BCUT2D eigenvalue weighted by molar-refractivity contribution is -0.385. The number of amides is 1. The van der Waals surface area contributed by atoms with Gasteiger partial charge in [0.25, 0.3) is 11.6 Å². The summed E-state index contributed by atoms with van der Waals surface area (Å²) in [5.41, 5.74) is -0.620. The number of nitrogens with one attached hydrogen (secondary N) is 1. The number of nitro benzene ring substituents is 1. The molecule has 0 heterocycles. The smallest absolute Gasteiger partial charge is 0.320 e. The molecule has 1 N–H and O–H groups in total. The third kappa shape index (κ3) is 4.04. The molecule has 1 unspecified atom stereocenters. The van der Waals surface area contributed by atoms with E-state index in [0.717, 1.165) is 0 Å². The minimum absolute atomic E-state index is 0.0194. The summed E-state index contributed by atoms with van der Waals surface area (Å²) >= 11 is 7.61. The SMILES string of the molecule is COC(=O)C(I)CNC(=O)c1c(Cl)cccc1[N+](=O)[O-]. The Labute approximate surface area is 132 Å². The number of nitro groups is 1. The maximum Gasteiger partial charge on any atom is 0.320 e. The molecule has 1 aromatic carbocycles. The van der Waals surface area contributed by atoms with E-state index in [2.05, 4.69) is 10.1 Å². The summed E-state index contributed by atoms with van der Waals surface area (Å²) in [5.74, 6) is -1.22. The molecule has 9 heteroatoms. The van der Waals surface area contributed by atoms with E-state index in [1.807, 2.05) is 0 Å². The van der Waals surface area contributed by atoms with E-state index in [4.69, 9.17) is 11.6 Å². The van der Waals surface area contributed by atoms with Crippen LogP contribution in [-0.4, -0.2) is 34.4 Å². The topological polar surface area (TPSA) is 98.5 Å². The van der Waals surface area contributed by atoms with Gasteiger partial charge in [-0.2, -0.15) is 0 Å². The highest BCUT2D eigenvalue weighted by Crippen LogP contribution is 2.25. The molecule has 1 aromatic rings. The van der Waals surface area contributed by atoms with Crippen molar-refractivity contribution in [2.24, 2.45) is 0 Å². The third-order valence-corrected chi connectivity index (χ3v) is 3.58. The van der Waals surface area contributed by atoms with Crippen LogP contribution in [0.1, 0.15) is 10.4 Å². The number of carbonyl (C=O) groups excluding carboxylic acids is 2. The van der Waals surface area contributed by atoms with Crippen LogP contribution in [0.5, 0.6) is 0 Å². The highest BCUT2D eigenvalue weighted by Gasteiger charge is 2.24. The number of esters is 1. The van der Waals surface area contributed by atoms with Gasteiger partial charge >= 0.3 is 5.97 Å². The fraction of sp³-hybridized carbons (Fsp3) is 0.273. The van der Waals surface area contributed by atoms with Crippen LogP contribution in [0.3, 0.4) is 0 Å². The Bertz CT molecular complexity index is 552. The van der Waals surface area contributed by atoms with E-state index < -0.39 is 26.4 Å². The zero-order chi connectivity index (χ0) is 15.3. The predicted octanol–water partition coefficient (Wildman–Crippen LogP) is 1.95. The lowest BCUT2D eigenvalue weighted by Crippen LogP contribution is -2.34. The van der Waals surface area contributed by atoms with E-state index >= 15 is 0 Å². The maximum atomic E-state index is 12.0. The average Bonchev–Trinajstić information content (AvgIpc) is 2.42. The second kappa shape index (κ2) is 7.39. The molecule has 1 amide bonds. The molecule has 0 saturated heterocycles. The summed E-state index contributed by atoms with van der Waals surface area (Å²) < 4.78 is 3.91. The summed E-state index contributed by atoms with van der Waals surface area (Å²) in [5, 5.41) is 13.2.